The van der Waals surface area contributed by atoms with E-state index in [4.69, 9.17) is 0 Å². The maximum absolute atomic E-state index is 12.0. The van der Waals surface area contributed by atoms with Gasteiger partial charge in [0.05, 0.1) is 0 Å². The van der Waals surface area contributed by atoms with Crippen molar-refractivity contribution in [2.45, 2.75) is 38.5 Å². The first-order valence-electron chi connectivity index (χ1n) is 7.49. The highest BCUT2D eigenvalue weighted by Gasteiger charge is 2.20. The van der Waals surface area contributed by atoms with Crippen LogP contribution < -0.4 is 10.6 Å². The lowest BCUT2D eigenvalue weighted by molar-refractivity contribution is -0.121. The Morgan fingerprint density at radius 1 is 1.10 bits per heavy atom. The topological polar surface area (TPSA) is 46.1 Å². The van der Waals surface area contributed by atoms with Crippen molar-refractivity contribution in [3.63, 3.8) is 0 Å². The highest BCUT2D eigenvalue weighted by Crippen LogP contribution is 2.19. The SMILES string of the molecule is O=C(Cn1cccc1CNC1CC1)NCc1ccccc1. The summed E-state index contributed by atoms with van der Waals surface area (Å²) in [6.45, 7) is 1.79. The van der Waals surface area contributed by atoms with Gasteiger partial charge in [0.2, 0.25) is 5.91 Å². The molecule has 1 aromatic heterocycles. The third-order valence-corrected chi connectivity index (χ3v) is 3.72. The number of rotatable bonds is 7. The Hall–Kier alpha value is -2.07. The maximum Gasteiger partial charge on any atom is 0.240 e. The van der Waals surface area contributed by atoms with E-state index in [1.807, 2.05) is 47.2 Å². The van der Waals surface area contributed by atoms with Crippen LogP contribution >= 0.6 is 0 Å². The molecule has 1 aliphatic rings. The Morgan fingerprint density at radius 2 is 1.90 bits per heavy atom. The first-order chi connectivity index (χ1) is 10.3. The standard InChI is InChI=1S/C17H21N3O/c21-17(19-11-14-5-2-1-3-6-14)13-20-10-4-7-16(20)12-18-15-8-9-15/h1-7,10,15,18H,8-9,11-13H2,(H,19,21). The van der Waals surface area contributed by atoms with E-state index >= 15 is 0 Å². The molecule has 0 aliphatic heterocycles. The van der Waals surface area contributed by atoms with Crippen molar-refractivity contribution in [3.8, 4) is 0 Å². The summed E-state index contributed by atoms with van der Waals surface area (Å²) in [4.78, 5) is 12.0. The van der Waals surface area contributed by atoms with Crippen molar-refractivity contribution in [2.75, 3.05) is 0 Å². The highest BCUT2D eigenvalue weighted by molar-refractivity contribution is 5.75. The lowest BCUT2D eigenvalue weighted by Gasteiger charge is -2.10. The van der Waals surface area contributed by atoms with Crippen LogP contribution in [0, 0.1) is 0 Å². The molecule has 21 heavy (non-hydrogen) atoms. The Kier molecular flexibility index (Phi) is 4.36. The molecule has 4 nitrogen and oxygen atoms in total. The predicted octanol–water partition coefficient (Wildman–Crippen LogP) is 2.06. The molecule has 1 aromatic carbocycles. The van der Waals surface area contributed by atoms with Crippen molar-refractivity contribution in [1.29, 1.82) is 0 Å². The average Bonchev–Trinajstić information content (AvgIpc) is 3.24. The van der Waals surface area contributed by atoms with E-state index in [0.29, 0.717) is 19.1 Å². The Labute approximate surface area is 125 Å². The first kappa shape index (κ1) is 13.9. The van der Waals surface area contributed by atoms with Gasteiger partial charge in [-0.05, 0) is 30.5 Å². The molecule has 2 N–H and O–H groups in total. The zero-order valence-electron chi connectivity index (χ0n) is 12.1. The van der Waals surface area contributed by atoms with Gasteiger partial charge in [0.15, 0.2) is 0 Å². The van der Waals surface area contributed by atoms with Gasteiger partial charge in [-0.1, -0.05) is 30.3 Å². The van der Waals surface area contributed by atoms with Crippen molar-refractivity contribution in [1.82, 2.24) is 15.2 Å². The summed E-state index contributed by atoms with van der Waals surface area (Å²) in [5.74, 6) is 0.0442. The minimum Gasteiger partial charge on any atom is -0.350 e. The molecule has 110 valence electrons. The quantitative estimate of drug-likeness (QED) is 0.817. The van der Waals surface area contributed by atoms with Crippen LogP contribution in [0.5, 0.6) is 0 Å². The van der Waals surface area contributed by atoms with Crippen LogP contribution in [0.4, 0.5) is 0 Å². The first-order valence-corrected chi connectivity index (χ1v) is 7.49. The number of carbonyl (C=O) groups excluding carboxylic acids is 1. The molecule has 0 bridgehead atoms. The molecular weight excluding hydrogens is 262 g/mol. The smallest absolute Gasteiger partial charge is 0.240 e. The second kappa shape index (κ2) is 6.59. The van der Waals surface area contributed by atoms with E-state index in [9.17, 15) is 4.79 Å². The molecule has 0 atom stereocenters. The third kappa shape index (κ3) is 4.20. The minimum absolute atomic E-state index is 0.0442. The predicted molar refractivity (Wildman–Crippen MR) is 82.6 cm³/mol. The van der Waals surface area contributed by atoms with E-state index in [0.717, 1.165) is 17.8 Å². The van der Waals surface area contributed by atoms with Crippen LogP contribution in [0.2, 0.25) is 0 Å². The number of hydrogen-bond donors (Lipinski definition) is 2. The molecule has 2 aromatic rings. The van der Waals surface area contributed by atoms with Gasteiger partial charge < -0.3 is 15.2 Å². The van der Waals surface area contributed by atoms with E-state index < -0.39 is 0 Å². The largest absolute Gasteiger partial charge is 0.350 e. The second-order valence-corrected chi connectivity index (χ2v) is 5.54. The fourth-order valence-corrected chi connectivity index (χ4v) is 2.31. The molecule has 4 heteroatoms. The number of hydrogen-bond acceptors (Lipinski definition) is 2. The van der Waals surface area contributed by atoms with Crippen LogP contribution in [-0.2, 0) is 24.4 Å². The summed E-state index contributed by atoms with van der Waals surface area (Å²) in [6, 6.07) is 14.7. The minimum atomic E-state index is 0.0442. The summed E-state index contributed by atoms with van der Waals surface area (Å²) in [6.07, 6.45) is 4.52. The molecule has 0 radical (unpaired) electrons. The molecule has 1 aliphatic carbocycles. The van der Waals surface area contributed by atoms with Crippen LogP contribution in [0.15, 0.2) is 48.7 Å². The zero-order chi connectivity index (χ0) is 14.5. The number of nitrogens with zero attached hydrogens (tertiary/aromatic N) is 1. The number of nitrogens with one attached hydrogen (secondary N) is 2. The van der Waals surface area contributed by atoms with Crippen molar-refractivity contribution < 1.29 is 4.79 Å². The molecule has 0 spiro atoms. The molecule has 0 unspecified atom stereocenters. The van der Waals surface area contributed by atoms with Gasteiger partial charge in [0, 0.05) is 31.0 Å². The monoisotopic (exact) mass is 283 g/mol. The fourth-order valence-electron chi connectivity index (χ4n) is 2.31. The van der Waals surface area contributed by atoms with Gasteiger partial charge in [-0.25, -0.2) is 0 Å². The number of amides is 1. The van der Waals surface area contributed by atoms with Gasteiger partial charge in [-0.15, -0.1) is 0 Å². The molecule has 0 saturated heterocycles. The van der Waals surface area contributed by atoms with Crippen LogP contribution in [-0.4, -0.2) is 16.5 Å². The van der Waals surface area contributed by atoms with E-state index in [1.165, 1.54) is 12.8 Å². The number of carbonyl (C=O) groups is 1. The average molecular weight is 283 g/mol. The molecule has 3 rings (SSSR count). The summed E-state index contributed by atoms with van der Waals surface area (Å²) in [7, 11) is 0. The van der Waals surface area contributed by atoms with Crippen LogP contribution in [0.1, 0.15) is 24.1 Å². The van der Waals surface area contributed by atoms with Gasteiger partial charge in [-0.2, -0.15) is 0 Å². The second-order valence-electron chi connectivity index (χ2n) is 5.54. The maximum atomic E-state index is 12.0. The molecular formula is C17H21N3O. The summed E-state index contributed by atoms with van der Waals surface area (Å²) in [5, 5.41) is 6.44. The normalized spacial score (nSPS) is 14.1. The van der Waals surface area contributed by atoms with E-state index in [-0.39, 0.29) is 5.91 Å². The van der Waals surface area contributed by atoms with E-state index in [2.05, 4.69) is 16.7 Å². The summed E-state index contributed by atoms with van der Waals surface area (Å²) < 4.78 is 2.01. The summed E-state index contributed by atoms with van der Waals surface area (Å²) in [5.41, 5.74) is 2.28. The van der Waals surface area contributed by atoms with Crippen LogP contribution in [0.3, 0.4) is 0 Å². The van der Waals surface area contributed by atoms with Crippen molar-refractivity contribution >= 4 is 5.91 Å². The Balaban J connectivity index is 1.48. The Morgan fingerprint density at radius 3 is 2.67 bits per heavy atom. The van der Waals surface area contributed by atoms with E-state index in [1.54, 1.807) is 0 Å². The number of benzene rings is 1. The number of aromatic nitrogens is 1. The van der Waals surface area contributed by atoms with Crippen LogP contribution in [0.25, 0.3) is 0 Å². The van der Waals surface area contributed by atoms with Gasteiger partial charge >= 0.3 is 0 Å². The highest BCUT2D eigenvalue weighted by atomic mass is 16.1. The molecule has 1 fully saturated rings. The van der Waals surface area contributed by atoms with Crippen molar-refractivity contribution in [3.05, 3.63) is 59.9 Å². The molecule has 1 heterocycles. The van der Waals surface area contributed by atoms with Crippen molar-refractivity contribution in [2.24, 2.45) is 0 Å². The lowest BCUT2D eigenvalue weighted by Crippen LogP contribution is -2.28. The van der Waals surface area contributed by atoms with Gasteiger partial charge in [0.25, 0.3) is 0 Å². The zero-order valence-corrected chi connectivity index (χ0v) is 12.1. The Bertz CT molecular complexity index is 587. The lowest BCUT2D eigenvalue weighted by atomic mass is 10.2. The molecule has 1 saturated carbocycles. The summed E-state index contributed by atoms with van der Waals surface area (Å²) >= 11 is 0. The molecule has 1 amide bonds. The van der Waals surface area contributed by atoms with Gasteiger partial charge in [-0.3, -0.25) is 4.79 Å². The third-order valence-electron chi connectivity index (χ3n) is 3.72. The van der Waals surface area contributed by atoms with Gasteiger partial charge in [0.1, 0.15) is 6.54 Å². The fraction of sp³-hybridized carbons (Fsp3) is 0.353.